The zero-order chi connectivity index (χ0) is 13.2. The topological polar surface area (TPSA) is 51.1 Å². The molecule has 0 unspecified atom stereocenters. The zero-order valence-corrected chi connectivity index (χ0v) is 11.2. The van der Waals surface area contributed by atoms with Gasteiger partial charge in [-0.25, -0.2) is 13.1 Å². The molecule has 1 aromatic carbocycles. The standard InChI is InChI=1S/C13H16N2O2S/c1-11-4-3-5-13(8-11)18(16,17)14-9-12-6-7-15(2)10-12/h3-8,10,14H,9H2,1-2H3. The van der Waals surface area contributed by atoms with Crippen LogP contribution < -0.4 is 4.72 Å². The molecule has 0 aliphatic rings. The third kappa shape index (κ3) is 3.00. The van der Waals surface area contributed by atoms with E-state index < -0.39 is 10.0 Å². The molecule has 0 atom stereocenters. The minimum Gasteiger partial charge on any atom is -0.357 e. The van der Waals surface area contributed by atoms with Crippen LogP contribution in [-0.2, 0) is 23.6 Å². The molecule has 1 aromatic heterocycles. The molecule has 0 amide bonds. The maximum atomic E-state index is 12.0. The smallest absolute Gasteiger partial charge is 0.240 e. The molecule has 0 aliphatic carbocycles. The minimum atomic E-state index is -3.43. The summed E-state index contributed by atoms with van der Waals surface area (Å²) < 4.78 is 28.6. The summed E-state index contributed by atoms with van der Waals surface area (Å²) in [6.45, 7) is 2.17. The fourth-order valence-corrected chi connectivity index (χ4v) is 2.83. The molecular weight excluding hydrogens is 248 g/mol. The maximum Gasteiger partial charge on any atom is 0.240 e. The predicted molar refractivity (Wildman–Crippen MR) is 70.6 cm³/mol. The lowest BCUT2D eigenvalue weighted by molar-refractivity contribution is 0.581. The van der Waals surface area contributed by atoms with Crippen molar-refractivity contribution in [3.8, 4) is 0 Å². The first-order valence-corrected chi connectivity index (χ1v) is 7.13. The van der Waals surface area contributed by atoms with Gasteiger partial charge in [-0.15, -0.1) is 0 Å². The Kier molecular flexibility index (Phi) is 3.54. The van der Waals surface area contributed by atoms with Crippen LogP contribution in [0.15, 0.2) is 47.6 Å². The minimum absolute atomic E-state index is 0.303. The molecular formula is C13H16N2O2S. The normalized spacial score (nSPS) is 11.7. The largest absolute Gasteiger partial charge is 0.357 e. The first-order chi connectivity index (χ1) is 8.47. The highest BCUT2D eigenvalue weighted by molar-refractivity contribution is 7.89. The van der Waals surface area contributed by atoms with Crippen molar-refractivity contribution >= 4 is 10.0 Å². The van der Waals surface area contributed by atoms with Crippen molar-refractivity contribution < 1.29 is 8.42 Å². The monoisotopic (exact) mass is 264 g/mol. The molecule has 0 radical (unpaired) electrons. The highest BCUT2D eigenvalue weighted by atomic mass is 32.2. The Balaban J connectivity index is 2.13. The summed E-state index contributed by atoms with van der Waals surface area (Å²) in [7, 11) is -1.53. The molecule has 18 heavy (non-hydrogen) atoms. The number of nitrogens with one attached hydrogen (secondary N) is 1. The maximum absolute atomic E-state index is 12.0. The van der Waals surface area contributed by atoms with Crippen LogP contribution in [0.5, 0.6) is 0 Å². The van der Waals surface area contributed by atoms with Crippen LogP contribution >= 0.6 is 0 Å². The molecule has 1 heterocycles. The van der Waals surface area contributed by atoms with Gasteiger partial charge in [0.05, 0.1) is 4.90 Å². The number of sulfonamides is 1. The summed E-state index contributed by atoms with van der Waals surface area (Å²) in [6, 6.07) is 8.76. The van der Waals surface area contributed by atoms with Crippen LogP contribution in [0.4, 0.5) is 0 Å². The molecule has 0 saturated carbocycles. The lowest BCUT2D eigenvalue weighted by atomic mass is 10.2. The number of hydrogen-bond acceptors (Lipinski definition) is 2. The number of nitrogens with zero attached hydrogens (tertiary/aromatic N) is 1. The molecule has 0 bridgehead atoms. The quantitative estimate of drug-likeness (QED) is 0.915. The Labute approximate surface area is 107 Å². The van der Waals surface area contributed by atoms with Crippen molar-refractivity contribution in [2.45, 2.75) is 18.4 Å². The van der Waals surface area contributed by atoms with E-state index in [2.05, 4.69) is 4.72 Å². The SMILES string of the molecule is Cc1cccc(S(=O)(=O)NCc2ccn(C)c2)c1. The Morgan fingerprint density at radius 1 is 1.28 bits per heavy atom. The van der Waals surface area contributed by atoms with Gasteiger partial charge in [0.25, 0.3) is 0 Å². The molecule has 0 fully saturated rings. The van der Waals surface area contributed by atoms with E-state index >= 15 is 0 Å². The Hall–Kier alpha value is -1.59. The highest BCUT2D eigenvalue weighted by Crippen LogP contribution is 2.11. The zero-order valence-electron chi connectivity index (χ0n) is 10.4. The van der Waals surface area contributed by atoms with Gasteiger partial charge >= 0.3 is 0 Å². The van der Waals surface area contributed by atoms with Gasteiger partial charge in [-0.3, -0.25) is 0 Å². The molecule has 96 valence electrons. The molecule has 0 aliphatic heterocycles. The molecule has 2 rings (SSSR count). The third-order valence-electron chi connectivity index (χ3n) is 2.66. The van der Waals surface area contributed by atoms with E-state index in [0.29, 0.717) is 11.4 Å². The average molecular weight is 264 g/mol. The highest BCUT2D eigenvalue weighted by Gasteiger charge is 2.13. The summed E-state index contributed by atoms with van der Waals surface area (Å²) >= 11 is 0. The predicted octanol–water partition coefficient (Wildman–Crippen LogP) is 1.81. The van der Waals surface area contributed by atoms with Gasteiger partial charge in [0.15, 0.2) is 0 Å². The first-order valence-electron chi connectivity index (χ1n) is 5.64. The van der Waals surface area contributed by atoms with E-state index in [-0.39, 0.29) is 0 Å². The van der Waals surface area contributed by atoms with Gasteiger partial charge in [0, 0.05) is 26.0 Å². The number of benzene rings is 1. The second kappa shape index (κ2) is 4.96. The fraction of sp³-hybridized carbons (Fsp3) is 0.231. The van der Waals surface area contributed by atoms with Gasteiger partial charge in [0.2, 0.25) is 10.0 Å². The van der Waals surface area contributed by atoms with Crippen molar-refractivity contribution in [2.75, 3.05) is 0 Å². The fourth-order valence-electron chi connectivity index (χ4n) is 1.71. The van der Waals surface area contributed by atoms with Gasteiger partial charge in [-0.2, -0.15) is 0 Å². The molecule has 2 aromatic rings. The summed E-state index contributed by atoms with van der Waals surface area (Å²) in [5.41, 5.74) is 1.87. The number of rotatable bonds is 4. The molecule has 4 nitrogen and oxygen atoms in total. The Bertz CT molecular complexity index is 645. The summed E-state index contributed by atoms with van der Waals surface area (Å²) in [4.78, 5) is 0.304. The first kappa shape index (κ1) is 12.9. The lowest BCUT2D eigenvalue weighted by Crippen LogP contribution is -2.23. The van der Waals surface area contributed by atoms with Gasteiger partial charge < -0.3 is 4.57 Å². The third-order valence-corrected chi connectivity index (χ3v) is 4.06. The van der Waals surface area contributed by atoms with Crippen LogP contribution in [0, 0.1) is 6.92 Å². The summed E-state index contributed by atoms with van der Waals surface area (Å²) in [6.07, 6.45) is 3.77. The summed E-state index contributed by atoms with van der Waals surface area (Å²) in [5, 5.41) is 0. The summed E-state index contributed by atoms with van der Waals surface area (Å²) in [5.74, 6) is 0. The van der Waals surface area contributed by atoms with E-state index in [9.17, 15) is 8.42 Å². The van der Waals surface area contributed by atoms with Gasteiger partial charge in [0.1, 0.15) is 0 Å². The Morgan fingerprint density at radius 2 is 2.06 bits per heavy atom. The van der Waals surface area contributed by atoms with Crippen molar-refractivity contribution in [1.82, 2.24) is 9.29 Å². The van der Waals surface area contributed by atoms with Crippen molar-refractivity contribution in [3.63, 3.8) is 0 Å². The molecule has 0 saturated heterocycles. The number of aromatic nitrogens is 1. The Morgan fingerprint density at radius 3 is 2.67 bits per heavy atom. The molecule has 5 heteroatoms. The van der Waals surface area contributed by atoms with E-state index in [1.165, 1.54) is 0 Å². The average Bonchev–Trinajstić information content (AvgIpc) is 2.73. The number of hydrogen-bond donors (Lipinski definition) is 1. The second-order valence-corrected chi connectivity index (χ2v) is 6.09. The van der Waals surface area contributed by atoms with Crippen LogP contribution in [0.3, 0.4) is 0 Å². The van der Waals surface area contributed by atoms with Crippen molar-refractivity contribution in [3.05, 3.63) is 53.9 Å². The second-order valence-electron chi connectivity index (χ2n) is 4.33. The van der Waals surface area contributed by atoms with Crippen LogP contribution in [0.2, 0.25) is 0 Å². The van der Waals surface area contributed by atoms with Gasteiger partial charge in [-0.1, -0.05) is 12.1 Å². The van der Waals surface area contributed by atoms with E-state index in [0.717, 1.165) is 11.1 Å². The van der Waals surface area contributed by atoms with E-state index in [1.54, 1.807) is 18.2 Å². The van der Waals surface area contributed by atoms with Crippen molar-refractivity contribution in [2.24, 2.45) is 7.05 Å². The molecule has 1 N–H and O–H groups in total. The van der Waals surface area contributed by atoms with Crippen molar-refractivity contribution in [1.29, 1.82) is 0 Å². The lowest BCUT2D eigenvalue weighted by Gasteiger charge is -2.06. The molecule has 0 spiro atoms. The van der Waals surface area contributed by atoms with E-state index in [4.69, 9.17) is 0 Å². The van der Waals surface area contributed by atoms with Gasteiger partial charge in [-0.05, 0) is 36.2 Å². The van der Waals surface area contributed by atoms with E-state index in [1.807, 2.05) is 43.1 Å². The number of aryl methyl sites for hydroxylation is 2. The van der Waals surface area contributed by atoms with Crippen LogP contribution in [-0.4, -0.2) is 13.0 Å². The van der Waals surface area contributed by atoms with Crippen LogP contribution in [0.25, 0.3) is 0 Å². The van der Waals surface area contributed by atoms with Crippen LogP contribution in [0.1, 0.15) is 11.1 Å².